The molecule has 92 valence electrons. The molecule has 0 spiro atoms. The molecular weight excluding hydrogens is 246 g/mol. The number of thiophene rings is 1. The standard InChI is InChI=1S/C11H17NO2S.ClH/c1-8-6-10(9(2)15-8)7-12(3)5-4-11(13)14;/h6H,4-5,7H2,1-3H3,(H,13,14);1H. The molecular formula is C11H18ClNO2S. The topological polar surface area (TPSA) is 40.5 Å². The van der Waals surface area contributed by atoms with Gasteiger partial charge in [-0.1, -0.05) is 0 Å². The van der Waals surface area contributed by atoms with Gasteiger partial charge in [0.05, 0.1) is 6.42 Å². The van der Waals surface area contributed by atoms with Crippen LogP contribution >= 0.6 is 23.7 Å². The lowest BCUT2D eigenvalue weighted by molar-refractivity contribution is -0.137. The summed E-state index contributed by atoms with van der Waals surface area (Å²) in [5, 5.41) is 8.56. The van der Waals surface area contributed by atoms with Gasteiger partial charge in [-0.05, 0) is 32.5 Å². The fourth-order valence-corrected chi connectivity index (χ4v) is 2.44. The number of carboxylic acids is 1. The van der Waals surface area contributed by atoms with Gasteiger partial charge in [0.25, 0.3) is 0 Å². The monoisotopic (exact) mass is 263 g/mol. The summed E-state index contributed by atoms with van der Waals surface area (Å²) in [6, 6.07) is 2.18. The van der Waals surface area contributed by atoms with Crippen LogP contribution in [0.4, 0.5) is 0 Å². The van der Waals surface area contributed by atoms with Crippen molar-refractivity contribution in [1.29, 1.82) is 0 Å². The number of aryl methyl sites for hydroxylation is 2. The first-order valence-electron chi connectivity index (χ1n) is 4.95. The van der Waals surface area contributed by atoms with Crippen molar-refractivity contribution in [3.05, 3.63) is 21.4 Å². The SMILES string of the molecule is Cc1cc(CN(C)CCC(=O)O)c(C)s1.Cl. The van der Waals surface area contributed by atoms with Gasteiger partial charge in [-0.3, -0.25) is 4.79 Å². The van der Waals surface area contributed by atoms with Crippen molar-refractivity contribution in [3.63, 3.8) is 0 Å². The molecule has 3 nitrogen and oxygen atoms in total. The highest BCUT2D eigenvalue weighted by molar-refractivity contribution is 7.12. The molecule has 0 aliphatic heterocycles. The Morgan fingerprint density at radius 1 is 1.50 bits per heavy atom. The third kappa shape index (κ3) is 4.96. The van der Waals surface area contributed by atoms with E-state index in [4.69, 9.17) is 5.11 Å². The fourth-order valence-electron chi connectivity index (χ4n) is 1.50. The van der Waals surface area contributed by atoms with Gasteiger partial charge in [-0.15, -0.1) is 23.7 Å². The van der Waals surface area contributed by atoms with Crippen molar-refractivity contribution in [2.75, 3.05) is 13.6 Å². The van der Waals surface area contributed by atoms with E-state index in [0.29, 0.717) is 6.54 Å². The van der Waals surface area contributed by atoms with E-state index in [9.17, 15) is 4.79 Å². The number of aliphatic carboxylic acids is 1. The Morgan fingerprint density at radius 3 is 2.56 bits per heavy atom. The average molecular weight is 264 g/mol. The Balaban J connectivity index is 0.00000225. The highest BCUT2D eigenvalue weighted by atomic mass is 35.5. The molecule has 1 aromatic rings. The molecule has 0 bridgehead atoms. The molecule has 0 fully saturated rings. The van der Waals surface area contributed by atoms with Gasteiger partial charge < -0.3 is 10.0 Å². The maximum absolute atomic E-state index is 10.4. The summed E-state index contributed by atoms with van der Waals surface area (Å²) in [4.78, 5) is 15.1. The van der Waals surface area contributed by atoms with E-state index in [1.54, 1.807) is 11.3 Å². The fraction of sp³-hybridized carbons (Fsp3) is 0.545. The van der Waals surface area contributed by atoms with Crippen molar-refractivity contribution in [1.82, 2.24) is 4.90 Å². The zero-order valence-electron chi connectivity index (χ0n) is 9.82. The van der Waals surface area contributed by atoms with Crippen LogP contribution in [0.2, 0.25) is 0 Å². The lowest BCUT2D eigenvalue weighted by Crippen LogP contribution is -2.21. The highest BCUT2D eigenvalue weighted by Crippen LogP contribution is 2.21. The predicted molar refractivity (Wildman–Crippen MR) is 69.6 cm³/mol. The first kappa shape index (κ1) is 15.4. The van der Waals surface area contributed by atoms with E-state index in [2.05, 4.69) is 19.9 Å². The van der Waals surface area contributed by atoms with E-state index in [1.807, 2.05) is 11.9 Å². The van der Waals surface area contributed by atoms with Gasteiger partial charge >= 0.3 is 5.97 Å². The second-order valence-electron chi connectivity index (χ2n) is 3.82. The molecule has 0 saturated heterocycles. The van der Waals surface area contributed by atoms with Gasteiger partial charge in [-0.2, -0.15) is 0 Å². The molecule has 0 atom stereocenters. The summed E-state index contributed by atoms with van der Waals surface area (Å²) in [6.07, 6.45) is 0.207. The predicted octanol–water partition coefficient (Wildman–Crippen LogP) is 2.69. The Hall–Kier alpha value is -0.580. The van der Waals surface area contributed by atoms with E-state index in [0.717, 1.165) is 6.54 Å². The van der Waals surface area contributed by atoms with Crippen LogP contribution < -0.4 is 0 Å². The van der Waals surface area contributed by atoms with Crippen LogP contribution in [-0.2, 0) is 11.3 Å². The van der Waals surface area contributed by atoms with Crippen LogP contribution in [-0.4, -0.2) is 29.6 Å². The summed E-state index contributed by atoms with van der Waals surface area (Å²) in [5.41, 5.74) is 1.31. The Labute approximate surface area is 106 Å². The van der Waals surface area contributed by atoms with Crippen molar-refractivity contribution in [2.24, 2.45) is 0 Å². The summed E-state index contributed by atoms with van der Waals surface area (Å²) >= 11 is 1.79. The van der Waals surface area contributed by atoms with Gasteiger partial charge in [-0.25, -0.2) is 0 Å². The molecule has 0 amide bonds. The van der Waals surface area contributed by atoms with Crippen LogP contribution in [0.3, 0.4) is 0 Å². The van der Waals surface area contributed by atoms with Crippen molar-refractivity contribution < 1.29 is 9.90 Å². The normalized spacial score (nSPS) is 10.2. The number of hydrogen-bond donors (Lipinski definition) is 1. The molecule has 0 radical (unpaired) electrons. The second-order valence-corrected chi connectivity index (χ2v) is 5.28. The first-order chi connectivity index (χ1) is 6.99. The Morgan fingerprint density at radius 2 is 2.12 bits per heavy atom. The number of carbonyl (C=O) groups is 1. The number of carboxylic acid groups (broad SMARTS) is 1. The molecule has 0 saturated carbocycles. The molecule has 1 rings (SSSR count). The molecule has 0 aliphatic rings. The van der Waals surface area contributed by atoms with E-state index in [1.165, 1.54) is 15.3 Å². The van der Waals surface area contributed by atoms with Crippen LogP contribution in [0.5, 0.6) is 0 Å². The summed E-state index contributed by atoms with van der Waals surface area (Å²) in [5.74, 6) is -0.736. The van der Waals surface area contributed by atoms with Gasteiger partial charge in [0.2, 0.25) is 0 Å². The third-order valence-electron chi connectivity index (χ3n) is 2.29. The van der Waals surface area contributed by atoms with Crippen molar-refractivity contribution in [2.45, 2.75) is 26.8 Å². The highest BCUT2D eigenvalue weighted by Gasteiger charge is 2.07. The lowest BCUT2D eigenvalue weighted by Gasteiger charge is -2.14. The van der Waals surface area contributed by atoms with E-state index in [-0.39, 0.29) is 18.8 Å². The number of halogens is 1. The molecule has 0 unspecified atom stereocenters. The van der Waals surface area contributed by atoms with Crippen LogP contribution in [0.25, 0.3) is 0 Å². The van der Waals surface area contributed by atoms with E-state index >= 15 is 0 Å². The summed E-state index contributed by atoms with van der Waals surface area (Å²) in [7, 11) is 1.95. The maximum Gasteiger partial charge on any atom is 0.304 e. The number of hydrogen-bond acceptors (Lipinski definition) is 3. The average Bonchev–Trinajstić information content (AvgIpc) is 2.42. The molecule has 1 aromatic heterocycles. The molecule has 0 aliphatic carbocycles. The molecule has 1 heterocycles. The molecule has 5 heteroatoms. The quantitative estimate of drug-likeness (QED) is 0.888. The first-order valence-corrected chi connectivity index (χ1v) is 5.77. The van der Waals surface area contributed by atoms with Gasteiger partial charge in [0.15, 0.2) is 0 Å². The minimum absolute atomic E-state index is 0. The van der Waals surface area contributed by atoms with Crippen LogP contribution in [0.1, 0.15) is 21.7 Å². The third-order valence-corrected chi connectivity index (χ3v) is 3.30. The van der Waals surface area contributed by atoms with E-state index < -0.39 is 5.97 Å². The summed E-state index contributed by atoms with van der Waals surface area (Å²) < 4.78 is 0. The smallest absolute Gasteiger partial charge is 0.304 e. The van der Waals surface area contributed by atoms with Crippen LogP contribution in [0.15, 0.2) is 6.07 Å². The lowest BCUT2D eigenvalue weighted by atomic mass is 10.2. The number of nitrogens with zero attached hydrogens (tertiary/aromatic N) is 1. The van der Waals surface area contributed by atoms with Crippen LogP contribution in [0, 0.1) is 13.8 Å². The van der Waals surface area contributed by atoms with Crippen molar-refractivity contribution in [3.8, 4) is 0 Å². The number of rotatable bonds is 5. The van der Waals surface area contributed by atoms with Crippen molar-refractivity contribution >= 4 is 29.7 Å². The maximum atomic E-state index is 10.4. The van der Waals surface area contributed by atoms with Gasteiger partial charge in [0, 0.05) is 22.8 Å². The zero-order chi connectivity index (χ0) is 11.4. The Kier molecular flexibility index (Phi) is 6.64. The second kappa shape index (κ2) is 6.89. The molecule has 1 N–H and O–H groups in total. The Bertz CT molecular complexity index is 352. The molecule has 16 heavy (non-hydrogen) atoms. The van der Waals surface area contributed by atoms with Gasteiger partial charge in [0.1, 0.15) is 0 Å². The minimum atomic E-state index is -0.736. The molecule has 0 aromatic carbocycles. The zero-order valence-corrected chi connectivity index (χ0v) is 11.5. The largest absolute Gasteiger partial charge is 0.481 e. The minimum Gasteiger partial charge on any atom is -0.481 e. The summed E-state index contributed by atoms with van der Waals surface area (Å²) in [6.45, 7) is 5.64.